The fourth-order valence-corrected chi connectivity index (χ4v) is 4.80. The molecule has 1 N–H and O–H groups in total. The van der Waals surface area contributed by atoms with Crippen molar-refractivity contribution in [3.8, 4) is 22.3 Å². The lowest BCUT2D eigenvalue weighted by Crippen LogP contribution is -2.43. The monoisotopic (exact) mass is 439 g/mol. The van der Waals surface area contributed by atoms with Crippen molar-refractivity contribution < 1.29 is 9.18 Å². The Bertz CT molecular complexity index is 1240. The van der Waals surface area contributed by atoms with Crippen molar-refractivity contribution >= 4 is 5.78 Å². The van der Waals surface area contributed by atoms with Crippen LogP contribution in [0.25, 0.3) is 22.3 Å². The highest BCUT2D eigenvalue weighted by Gasteiger charge is 2.32. The number of halogens is 1. The van der Waals surface area contributed by atoms with E-state index in [0.717, 1.165) is 27.8 Å². The van der Waals surface area contributed by atoms with Gasteiger partial charge in [0.2, 0.25) is 0 Å². The summed E-state index contributed by atoms with van der Waals surface area (Å²) in [6.45, 7) is 2.76. The molecule has 1 fully saturated rings. The number of hydrogen-bond acceptors (Lipinski definition) is 3. The number of Topliss-reactive ketones (excluding diaryl/α,β-unsaturated/α-hetero) is 1. The lowest BCUT2D eigenvalue weighted by molar-refractivity contribution is -0.123. The summed E-state index contributed by atoms with van der Waals surface area (Å²) in [4.78, 5) is 14.3. The second kappa shape index (κ2) is 9.12. The van der Waals surface area contributed by atoms with Crippen LogP contribution in [0.4, 0.5) is 4.39 Å². The van der Waals surface area contributed by atoms with Gasteiger partial charge in [0.15, 0.2) is 0 Å². The number of rotatable bonds is 5. The minimum absolute atomic E-state index is 0.102. The molecule has 1 aliphatic rings. The number of aromatic amines is 1. The molecular formula is C28H26FN3O. The third-order valence-electron chi connectivity index (χ3n) is 6.51. The number of ketones is 1. The van der Waals surface area contributed by atoms with E-state index in [1.807, 2.05) is 67.0 Å². The van der Waals surface area contributed by atoms with E-state index in [9.17, 15) is 9.18 Å². The van der Waals surface area contributed by atoms with E-state index in [1.54, 1.807) is 6.07 Å². The number of piperidine rings is 1. The van der Waals surface area contributed by atoms with Gasteiger partial charge >= 0.3 is 0 Å². The Kier molecular flexibility index (Phi) is 5.88. The predicted molar refractivity (Wildman–Crippen MR) is 128 cm³/mol. The van der Waals surface area contributed by atoms with Crippen LogP contribution in [0.1, 0.15) is 36.9 Å². The quantitative estimate of drug-likeness (QED) is 0.413. The van der Waals surface area contributed by atoms with E-state index in [2.05, 4.69) is 34.2 Å². The van der Waals surface area contributed by atoms with E-state index in [1.165, 1.54) is 0 Å². The van der Waals surface area contributed by atoms with Crippen molar-refractivity contribution in [1.29, 1.82) is 0 Å². The van der Waals surface area contributed by atoms with Gasteiger partial charge in [-0.1, -0.05) is 60.7 Å². The Balaban J connectivity index is 1.52. The number of nitrogens with zero attached hydrogens (tertiary/aromatic N) is 2. The molecule has 1 saturated heterocycles. The molecule has 0 spiro atoms. The summed E-state index contributed by atoms with van der Waals surface area (Å²) in [5.41, 5.74) is 5.63. The van der Waals surface area contributed by atoms with Gasteiger partial charge in [-0.2, -0.15) is 5.10 Å². The zero-order chi connectivity index (χ0) is 22.8. The molecule has 4 aromatic rings. The second-order valence-electron chi connectivity index (χ2n) is 8.70. The van der Waals surface area contributed by atoms with E-state index < -0.39 is 0 Å². The SMILES string of the molecule is CC1CC(=O)CCN1C(c1cn[nH]c1)c1ccc(F)c(-c2ccc(-c3ccccc3)cc2)c1. The molecule has 2 heterocycles. The Labute approximate surface area is 193 Å². The molecule has 3 aromatic carbocycles. The molecule has 5 rings (SSSR count). The zero-order valence-corrected chi connectivity index (χ0v) is 18.5. The number of benzene rings is 3. The predicted octanol–water partition coefficient (Wildman–Crippen LogP) is 6.03. The molecule has 0 saturated carbocycles. The van der Waals surface area contributed by atoms with Crippen LogP contribution < -0.4 is 0 Å². The van der Waals surface area contributed by atoms with Gasteiger partial charge in [0.05, 0.1) is 12.2 Å². The van der Waals surface area contributed by atoms with Crippen LogP contribution in [0.3, 0.4) is 0 Å². The van der Waals surface area contributed by atoms with Crippen LogP contribution in [0.5, 0.6) is 0 Å². The molecule has 0 bridgehead atoms. The Hall–Kier alpha value is -3.57. The van der Waals surface area contributed by atoms with E-state index >= 15 is 0 Å². The van der Waals surface area contributed by atoms with Crippen LogP contribution in [0.15, 0.2) is 85.2 Å². The third-order valence-corrected chi connectivity index (χ3v) is 6.51. The maximum absolute atomic E-state index is 15.0. The lowest BCUT2D eigenvalue weighted by atomic mass is 9.91. The molecule has 1 aliphatic heterocycles. The topological polar surface area (TPSA) is 49.0 Å². The second-order valence-corrected chi connectivity index (χ2v) is 8.70. The van der Waals surface area contributed by atoms with Gasteiger partial charge in [-0.05, 0) is 41.3 Å². The third kappa shape index (κ3) is 4.37. The summed E-state index contributed by atoms with van der Waals surface area (Å²) in [6.07, 6.45) is 4.76. The average Bonchev–Trinajstić information content (AvgIpc) is 3.37. The first kappa shape index (κ1) is 21.3. The van der Waals surface area contributed by atoms with Crippen molar-refractivity contribution in [2.24, 2.45) is 0 Å². The fraction of sp³-hybridized carbons (Fsp3) is 0.214. The van der Waals surface area contributed by atoms with Gasteiger partial charge in [0.25, 0.3) is 0 Å². The summed E-state index contributed by atoms with van der Waals surface area (Å²) in [6, 6.07) is 23.5. The molecule has 2 atom stereocenters. The van der Waals surface area contributed by atoms with E-state index in [4.69, 9.17) is 0 Å². The first-order chi connectivity index (χ1) is 16.1. The van der Waals surface area contributed by atoms with Gasteiger partial charge in [-0.15, -0.1) is 0 Å². The molecule has 0 aliphatic carbocycles. The Morgan fingerprint density at radius 3 is 2.39 bits per heavy atom. The fourth-order valence-electron chi connectivity index (χ4n) is 4.80. The number of hydrogen-bond donors (Lipinski definition) is 1. The Morgan fingerprint density at radius 2 is 1.70 bits per heavy atom. The maximum Gasteiger partial charge on any atom is 0.135 e. The molecule has 166 valence electrons. The molecule has 5 heteroatoms. The van der Waals surface area contributed by atoms with Crippen molar-refractivity contribution in [3.63, 3.8) is 0 Å². The summed E-state index contributed by atoms with van der Waals surface area (Å²) in [7, 11) is 0. The number of carbonyl (C=O) groups excluding carboxylic acids is 1. The van der Waals surface area contributed by atoms with E-state index in [0.29, 0.717) is 30.7 Å². The Morgan fingerprint density at radius 1 is 0.970 bits per heavy atom. The summed E-state index contributed by atoms with van der Waals surface area (Å²) in [5, 5.41) is 7.05. The normalized spacial score (nSPS) is 17.8. The molecule has 2 unspecified atom stereocenters. The van der Waals surface area contributed by atoms with Crippen molar-refractivity contribution in [1.82, 2.24) is 15.1 Å². The lowest BCUT2D eigenvalue weighted by Gasteiger charge is -2.39. The average molecular weight is 440 g/mol. The van der Waals surface area contributed by atoms with Crippen LogP contribution in [0.2, 0.25) is 0 Å². The summed E-state index contributed by atoms with van der Waals surface area (Å²) < 4.78 is 15.0. The maximum atomic E-state index is 15.0. The van der Waals surface area contributed by atoms with Gasteiger partial charge in [0, 0.05) is 42.8 Å². The van der Waals surface area contributed by atoms with Crippen molar-refractivity contribution in [2.75, 3.05) is 6.54 Å². The van der Waals surface area contributed by atoms with Gasteiger partial charge in [-0.3, -0.25) is 14.8 Å². The minimum atomic E-state index is -0.251. The molecule has 0 amide bonds. The molecule has 4 nitrogen and oxygen atoms in total. The summed E-state index contributed by atoms with van der Waals surface area (Å²) >= 11 is 0. The van der Waals surface area contributed by atoms with Gasteiger partial charge in [-0.25, -0.2) is 4.39 Å². The highest BCUT2D eigenvalue weighted by atomic mass is 19.1. The smallest absolute Gasteiger partial charge is 0.135 e. The highest BCUT2D eigenvalue weighted by molar-refractivity contribution is 5.80. The summed E-state index contributed by atoms with van der Waals surface area (Å²) in [5.74, 6) is 0.0435. The largest absolute Gasteiger partial charge is 0.300 e. The first-order valence-electron chi connectivity index (χ1n) is 11.3. The highest BCUT2D eigenvalue weighted by Crippen LogP contribution is 2.36. The number of aromatic nitrogens is 2. The first-order valence-corrected chi connectivity index (χ1v) is 11.3. The number of carbonyl (C=O) groups is 1. The van der Waals surface area contributed by atoms with E-state index in [-0.39, 0.29) is 17.9 Å². The van der Waals surface area contributed by atoms with Crippen molar-refractivity contribution in [2.45, 2.75) is 31.8 Å². The van der Waals surface area contributed by atoms with Crippen LogP contribution >= 0.6 is 0 Å². The molecule has 1 aromatic heterocycles. The minimum Gasteiger partial charge on any atom is -0.300 e. The standard InChI is InChI=1S/C28H26FN3O/c1-19-15-25(33)13-14-32(19)28(24-17-30-31-18-24)23-11-12-27(29)26(16-23)22-9-7-21(8-10-22)20-5-3-2-4-6-20/h2-12,16-19,28H,13-15H2,1H3,(H,30,31). The number of nitrogens with one attached hydrogen (secondary N) is 1. The van der Waals surface area contributed by atoms with Gasteiger partial charge in [0.1, 0.15) is 11.6 Å². The van der Waals surface area contributed by atoms with Crippen LogP contribution in [-0.4, -0.2) is 33.5 Å². The number of H-pyrrole nitrogens is 1. The molecule has 33 heavy (non-hydrogen) atoms. The molecular weight excluding hydrogens is 413 g/mol. The van der Waals surface area contributed by atoms with Gasteiger partial charge < -0.3 is 0 Å². The van der Waals surface area contributed by atoms with Crippen molar-refractivity contribution in [3.05, 3.63) is 102 Å². The number of likely N-dealkylation sites (tertiary alicyclic amines) is 1. The van der Waals surface area contributed by atoms with Crippen LogP contribution in [0, 0.1) is 5.82 Å². The van der Waals surface area contributed by atoms with Crippen LogP contribution in [-0.2, 0) is 4.79 Å². The molecule has 0 radical (unpaired) electrons. The zero-order valence-electron chi connectivity index (χ0n) is 18.5.